The number of ether oxygens (including phenoxy) is 1. The van der Waals surface area contributed by atoms with E-state index in [4.69, 9.17) is 14.7 Å². The fraction of sp³-hybridized carbons (Fsp3) is 0.560. The van der Waals surface area contributed by atoms with Crippen LogP contribution in [0.4, 0.5) is 0 Å². The number of methoxy groups -OCH3 is 1. The minimum Gasteiger partial charge on any atom is -0.496 e. The lowest BCUT2D eigenvalue weighted by Gasteiger charge is -2.19. The average Bonchev–Trinajstić information content (AvgIpc) is 3.15. The molecule has 1 N–H and O–H groups in total. The molecule has 6 heteroatoms. The summed E-state index contributed by atoms with van der Waals surface area (Å²) in [5.74, 6) is 2.21. The number of hydrogen-bond donors (Lipinski definition) is 1. The number of aromatic nitrogens is 2. The summed E-state index contributed by atoms with van der Waals surface area (Å²) in [5.41, 5.74) is 6.56. The Morgan fingerprint density at radius 1 is 1.16 bits per heavy atom. The first-order valence-corrected chi connectivity index (χ1v) is 11.2. The van der Waals surface area contributed by atoms with Gasteiger partial charge in [-0.2, -0.15) is 0 Å². The molecule has 31 heavy (non-hydrogen) atoms. The van der Waals surface area contributed by atoms with E-state index in [0.717, 1.165) is 54.6 Å². The number of carbonyl (C=O) groups is 1. The van der Waals surface area contributed by atoms with Crippen molar-refractivity contribution in [3.05, 3.63) is 51.6 Å². The molecule has 2 heterocycles. The first-order chi connectivity index (χ1) is 14.7. The van der Waals surface area contributed by atoms with E-state index in [0.29, 0.717) is 12.3 Å². The van der Waals surface area contributed by atoms with Gasteiger partial charge in [0.25, 0.3) is 0 Å². The number of carbonyl (C=O) groups excluding carboxylic acids is 1. The van der Waals surface area contributed by atoms with Crippen LogP contribution in [-0.4, -0.2) is 47.0 Å². The van der Waals surface area contributed by atoms with E-state index < -0.39 is 0 Å². The summed E-state index contributed by atoms with van der Waals surface area (Å²) >= 11 is 0. The van der Waals surface area contributed by atoms with Crippen LogP contribution in [0.3, 0.4) is 0 Å². The number of nitrogens with zero attached hydrogens (tertiary/aromatic N) is 3. The van der Waals surface area contributed by atoms with Crippen molar-refractivity contribution < 1.29 is 9.53 Å². The van der Waals surface area contributed by atoms with Gasteiger partial charge in [-0.25, -0.2) is 9.97 Å². The Hall–Kier alpha value is -2.47. The van der Waals surface area contributed by atoms with Gasteiger partial charge in [0, 0.05) is 42.0 Å². The molecule has 3 rings (SSSR count). The third kappa shape index (κ3) is 5.62. The van der Waals surface area contributed by atoms with Crippen LogP contribution in [0.25, 0.3) is 0 Å². The Labute approximate surface area is 186 Å². The van der Waals surface area contributed by atoms with Crippen LogP contribution in [0.15, 0.2) is 12.1 Å². The summed E-state index contributed by atoms with van der Waals surface area (Å²) in [6.45, 7) is 15.1. The average molecular weight is 425 g/mol. The highest BCUT2D eigenvalue weighted by Gasteiger charge is 2.27. The topological polar surface area (TPSA) is 67.3 Å². The normalized spacial score (nSPS) is 16.7. The second-order valence-electron chi connectivity index (χ2n) is 9.10. The van der Waals surface area contributed by atoms with E-state index in [1.165, 1.54) is 16.7 Å². The first-order valence-electron chi connectivity index (χ1n) is 11.2. The molecular formula is C25H36N4O2. The zero-order valence-corrected chi connectivity index (χ0v) is 20.0. The molecular weight excluding hydrogens is 388 g/mol. The Morgan fingerprint density at radius 3 is 2.45 bits per heavy atom. The molecule has 0 bridgehead atoms. The maximum absolute atomic E-state index is 12.2. The molecule has 1 atom stereocenters. The zero-order chi connectivity index (χ0) is 22.7. The highest BCUT2D eigenvalue weighted by molar-refractivity contribution is 5.79. The molecule has 168 valence electrons. The van der Waals surface area contributed by atoms with E-state index in [-0.39, 0.29) is 11.9 Å². The van der Waals surface area contributed by atoms with Crippen LogP contribution in [-0.2, 0) is 17.8 Å². The molecule has 1 fully saturated rings. The molecule has 0 radical (unpaired) electrons. The number of aryl methyl sites for hydroxylation is 4. The Morgan fingerprint density at radius 2 is 1.84 bits per heavy atom. The van der Waals surface area contributed by atoms with Gasteiger partial charge in [0.15, 0.2) is 0 Å². The molecule has 1 aliphatic rings. The fourth-order valence-electron chi connectivity index (χ4n) is 4.41. The van der Waals surface area contributed by atoms with Crippen LogP contribution in [0.1, 0.15) is 65.7 Å². The lowest BCUT2D eigenvalue weighted by atomic mass is 10.0. The highest BCUT2D eigenvalue weighted by Crippen LogP contribution is 2.29. The number of hydrogen-bond acceptors (Lipinski definition) is 5. The molecule has 1 amide bonds. The van der Waals surface area contributed by atoms with Gasteiger partial charge in [0.1, 0.15) is 11.6 Å². The van der Waals surface area contributed by atoms with E-state index in [2.05, 4.69) is 36.2 Å². The quantitative estimate of drug-likeness (QED) is 0.733. The van der Waals surface area contributed by atoms with E-state index in [1.54, 1.807) is 7.11 Å². The smallest absolute Gasteiger partial charge is 0.224 e. The summed E-state index contributed by atoms with van der Waals surface area (Å²) in [5, 5.41) is 2.95. The molecule has 1 unspecified atom stereocenters. The van der Waals surface area contributed by atoms with E-state index in [9.17, 15) is 4.79 Å². The van der Waals surface area contributed by atoms with Crippen LogP contribution >= 0.6 is 0 Å². The molecule has 1 aromatic carbocycles. The van der Waals surface area contributed by atoms with Gasteiger partial charge in [-0.3, -0.25) is 9.69 Å². The van der Waals surface area contributed by atoms with Crippen molar-refractivity contribution in [3.63, 3.8) is 0 Å². The molecule has 2 aromatic rings. The second-order valence-corrected chi connectivity index (χ2v) is 9.10. The predicted octanol–water partition coefficient (Wildman–Crippen LogP) is 3.78. The summed E-state index contributed by atoms with van der Waals surface area (Å²) < 4.78 is 5.45. The maximum atomic E-state index is 12.2. The van der Waals surface area contributed by atoms with Crippen molar-refractivity contribution in [2.24, 2.45) is 0 Å². The molecule has 1 aromatic heterocycles. The molecule has 0 saturated carbocycles. The second kappa shape index (κ2) is 9.77. The van der Waals surface area contributed by atoms with Crippen molar-refractivity contribution >= 4 is 5.91 Å². The Bertz CT molecular complexity index is 932. The summed E-state index contributed by atoms with van der Waals surface area (Å²) in [4.78, 5) is 24.3. The zero-order valence-electron chi connectivity index (χ0n) is 20.0. The fourth-order valence-corrected chi connectivity index (χ4v) is 4.41. The number of rotatable bonds is 7. The number of nitrogens with one attached hydrogen (secondary N) is 1. The number of benzene rings is 1. The van der Waals surface area contributed by atoms with Crippen LogP contribution in [0, 0.1) is 27.7 Å². The third-order valence-electron chi connectivity index (χ3n) is 6.11. The Balaban J connectivity index is 1.69. The first kappa shape index (κ1) is 23.2. The Kier molecular flexibility index (Phi) is 7.31. The van der Waals surface area contributed by atoms with Gasteiger partial charge in [0.05, 0.1) is 13.5 Å². The standard InChI is InChI=1S/C25H36N4O2/c1-15(2)26-24(30)12-22-18(5)27-25(28-19(22)6)20-8-9-29(13-20)14-21-10-17(4)23(31-7)11-16(21)3/h10-11,15,20H,8-9,12-14H2,1-7H3,(H,26,30). The summed E-state index contributed by atoms with van der Waals surface area (Å²) in [6, 6.07) is 4.50. The van der Waals surface area contributed by atoms with Crippen molar-refractivity contribution in [3.8, 4) is 5.75 Å². The van der Waals surface area contributed by atoms with Gasteiger partial charge in [0.2, 0.25) is 5.91 Å². The maximum Gasteiger partial charge on any atom is 0.224 e. The lowest BCUT2D eigenvalue weighted by molar-refractivity contribution is -0.120. The number of amides is 1. The monoisotopic (exact) mass is 424 g/mol. The largest absolute Gasteiger partial charge is 0.496 e. The molecule has 6 nitrogen and oxygen atoms in total. The summed E-state index contributed by atoms with van der Waals surface area (Å²) in [6.07, 6.45) is 1.39. The van der Waals surface area contributed by atoms with Gasteiger partial charge in [-0.15, -0.1) is 0 Å². The highest BCUT2D eigenvalue weighted by atomic mass is 16.5. The number of likely N-dealkylation sites (tertiary alicyclic amines) is 1. The van der Waals surface area contributed by atoms with Crippen LogP contribution in [0.2, 0.25) is 0 Å². The van der Waals surface area contributed by atoms with E-state index in [1.807, 2.05) is 27.7 Å². The van der Waals surface area contributed by atoms with Crippen molar-refractivity contribution in [1.29, 1.82) is 0 Å². The van der Waals surface area contributed by atoms with E-state index >= 15 is 0 Å². The lowest BCUT2D eigenvalue weighted by Crippen LogP contribution is -2.32. The minimum absolute atomic E-state index is 0.0229. The van der Waals surface area contributed by atoms with Gasteiger partial charge in [-0.05, 0) is 77.3 Å². The van der Waals surface area contributed by atoms with Gasteiger partial charge >= 0.3 is 0 Å². The predicted molar refractivity (Wildman–Crippen MR) is 124 cm³/mol. The SMILES string of the molecule is COc1cc(C)c(CN2CCC(c3nc(C)c(CC(=O)NC(C)C)c(C)n3)C2)cc1C. The molecule has 1 aliphatic heterocycles. The van der Waals surface area contributed by atoms with Gasteiger partial charge in [-0.1, -0.05) is 6.07 Å². The van der Waals surface area contributed by atoms with Crippen molar-refractivity contribution in [2.45, 2.75) is 72.9 Å². The van der Waals surface area contributed by atoms with Crippen molar-refractivity contribution in [1.82, 2.24) is 20.2 Å². The molecule has 0 spiro atoms. The molecule has 0 aliphatic carbocycles. The van der Waals surface area contributed by atoms with Gasteiger partial charge < -0.3 is 10.1 Å². The van der Waals surface area contributed by atoms with Crippen molar-refractivity contribution in [2.75, 3.05) is 20.2 Å². The van der Waals surface area contributed by atoms with Crippen LogP contribution < -0.4 is 10.1 Å². The van der Waals surface area contributed by atoms with Crippen LogP contribution in [0.5, 0.6) is 5.75 Å². The third-order valence-corrected chi connectivity index (χ3v) is 6.11. The molecule has 1 saturated heterocycles. The minimum atomic E-state index is 0.0229. The summed E-state index contributed by atoms with van der Waals surface area (Å²) in [7, 11) is 1.72.